The Morgan fingerprint density at radius 3 is 2.68 bits per heavy atom. The lowest BCUT2D eigenvalue weighted by molar-refractivity contribution is -0.130. The van der Waals surface area contributed by atoms with Crippen LogP contribution in [0, 0.1) is 5.92 Å². The molecule has 3 rings (SSSR count). The Balaban J connectivity index is 1.79. The summed E-state index contributed by atoms with van der Waals surface area (Å²) >= 11 is 6.37. The maximum absolute atomic E-state index is 12.9. The molecule has 1 aromatic carbocycles. The number of benzene rings is 1. The van der Waals surface area contributed by atoms with Crippen LogP contribution in [0.15, 0.2) is 24.3 Å². The smallest absolute Gasteiger partial charge is 0.230 e. The molecule has 0 aromatic heterocycles. The molecule has 2 aliphatic rings. The molecule has 22 heavy (non-hydrogen) atoms. The summed E-state index contributed by atoms with van der Waals surface area (Å²) < 4.78 is 5.46. The van der Waals surface area contributed by atoms with E-state index in [2.05, 4.69) is 5.32 Å². The maximum Gasteiger partial charge on any atom is 0.230 e. The predicted octanol–water partition coefficient (Wildman–Crippen LogP) is 2.24. The number of ether oxygens (including phenoxy) is 1. The number of halogens is 1. The van der Waals surface area contributed by atoms with Crippen molar-refractivity contribution in [1.82, 2.24) is 5.32 Å². The maximum atomic E-state index is 12.9. The fraction of sp³-hybridized carbons (Fsp3) is 0.588. The van der Waals surface area contributed by atoms with E-state index >= 15 is 0 Å². The molecule has 1 unspecified atom stereocenters. The van der Waals surface area contributed by atoms with Crippen LogP contribution in [0.2, 0.25) is 5.02 Å². The van der Waals surface area contributed by atoms with Crippen LogP contribution >= 0.6 is 11.6 Å². The molecular weight excluding hydrogens is 300 g/mol. The Morgan fingerprint density at radius 1 is 1.36 bits per heavy atom. The van der Waals surface area contributed by atoms with Gasteiger partial charge in [-0.05, 0) is 43.2 Å². The molecule has 1 saturated heterocycles. The van der Waals surface area contributed by atoms with Crippen molar-refractivity contribution in [3.05, 3.63) is 34.9 Å². The zero-order valence-corrected chi connectivity index (χ0v) is 13.4. The van der Waals surface area contributed by atoms with E-state index in [1.807, 2.05) is 24.3 Å². The van der Waals surface area contributed by atoms with Gasteiger partial charge < -0.3 is 15.8 Å². The first kappa shape index (κ1) is 15.8. The molecular formula is C17H23ClN2O2. The van der Waals surface area contributed by atoms with Crippen molar-refractivity contribution in [3.8, 4) is 0 Å². The lowest BCUT2D eigenvalue weighted by atomic mass is 9.73. The van der Waals surface area contributed by atoms with Gasteiger partial charge in [0, 0.05) is 30.8 Å². The first-order chi connectivity index (χ1) is 10.6. The fourth-order valence-corrected chi connectivity index (χ4v) is 3.58. The standard InChI is InChI=1S/C17H23ClN2O2/c18-14-4-2-1-3-13(14)17(7-9-22-10-8-17)16(21)20-11-15(19)12-5-6-12/h1-4,12,15H,5-11,19H2,(H,20,21). The molecule has 0 bridgehead atoms. The van der Waals surface area contributed by atoms with Crippen LogP contribution in [0.25, 0.3) is 0 Å². The van der Waals surface area contributed by atoms with Gasteiger partial charge in [-0.15, -0.1) is 0 Å². The first-order valence-electron chi connectivity index (χ1n) is 8.00. The average molecular weight is 323 g/mol. The van der Waals surface area contributed by atoms with Crippen molar-refractivity contribution in [2.75, 3.05) is 19.8 Å². The number of hydrogen-bond acceptors (Lipinski definition) is 3. The minimum atomic E-state index is -0.597. The Kier molecular flexibility index (Phi) is 4.71. The summed E-state index contributed by atoms with van der Waals surface area (Å²) in [5, 5.41) is 3.71. The molecule has 2 fully saturated rings. The lowest BCUT2D eigenvalue weighted by Crippen LogP contribution is -2.51. The number of carbonyl (C=O) groups is 1. The average Bonchev–Trinajstić information content (AvgIpc) is 3.38. The van der Waals surface area contributed by atoms with Gasteiger partial charge >= 0.3 is 0 Å². The SMILES string of the molecule is NC(CNC(=O)C1(c2ccccc2Cl)CCOCC1)C1CC1. The Labute approximate surface area is 136 Å². The third kappa shape index (κ3) is 3.14. The van der Waals surface area contributed by atoms with E-state index in [0.717, 1.165) is 5.56 Å². The van der Waals surface area contributed by atoms with Gasteiger partial charge in [-0.1, -0.05) is 29.8 Å². The summed E-state index contributed by atoms with van der Waals surface area (Å²) in [6.07, 6.45) is 3.67. The van der Waals surface area contributed by atoms with Gasteiger partial charge in [0.25, 0.3) is 0 Å². The van der Waals surface area contributed by atoms with Crippen LogP contribution in [0.5, 0.6) is 0 Å². The van der Waals surface area contributed by atoms with E-state index in [1.54, 1.807) is 0 Å². The minimum Gasteiger partial charge on any atom is -0.381 e. The predicted molar refractivity (Wildman–Crippen MR) is 86.9 cm³/mol. The topological polar surface area (TPSA) is 64.3 Å². The van der Waals surface area contributed by atoms with Gasteiger partial charge in [0.15, 0.2) is 0 Å². The molecule has 1 aliphatic carbocycles. The summed E-state index contributed by atoms with van der Waals surface area (Å²) in [6.45, 7) is 1.69. The van der Waals surface area contributed by atoms with E-state index in [9.17, 15) is 4.79 Å². The molecule has 1 saturated carbocycles. The van der Waals surface area contributed by atoms with Gasteiger partial charge in [0.1, 0.15) is 0 Å². The quantitative estimate of drug-likeness (QED) is 0.874. The highest BCUT2D eigenvalue weighted by molar-refractivity contribution is 6.31. The molecule has 0 radical (unpaired) electrons. The van der Waals surface area contributed by atoms with Crippen LogP contribution in [0.1, 0.15) is 31.2 Å². The van der Waals surface area contributed by atoms with E-state index in [4.69, 9.17) is 22.1 Å². The normalized spacial score (nSPS) is 22.1. The van der Waals surface area contributed by atoms with E-state index in [0.29, 0.717) is 43.5 Å². The molecule has 1 amide bonds. The molecule has 120 valence electrons. The largest absolute Gasteiger partial charge is 0.381 e. The third-order valence-electron chi connectivity index (χ3n) is 4.90. The van der Waals surface area contributed by atoms with Crippen molar-refractivity contribution in [3.63, 3.8) is 0 Å². The van der Waals surface area contributed by atoms with Crippen LogP contribution in [-0.4, -0.2) is 31.7 Å². The second-order valence-electron chi connectivity index (χ2n) is 6.39. The highest BCUT2D eigenvalue weighted by Gasteiger charge is 2.43. The fourth-order valence-electron chi connectivity index (χ4n) is 3.26. The van der Waals surface area contributed by atoms with Gasteiger partial charge in [0.05, 0.1) is 5.41 Å². The molecule has 1 atom stereocenters. The molecule has 0 spiro atoms. The molecule has 1 heterocycles. The van der Waals surface area contributed by atoms with Crippen LogP contribution < -0.4 is 11.1 Å². The molecule has 3 N–H and O–H groups in total. The third-order valence-corrected chi connectivity index (χ3v) is 5.23. The molecule has 1 aromatic rings. The van der Waals surface area contributed by atoms with Crippen LogP contribution in [-0.2, 0) is 14.9 Å². The van der Waals surface area contributed by atoms with Gasteiger partial charge in [-0.3, -0.25) is 4.79 Å². The van der Waals surface area contributed by atoms with Crippen molar-refractivity contribution < 1.29 is 9.53 Å². The minimum absolute atomic E-state index is 0.0278. The summed E-state index contributed by atoms with van der Waals surface area (Å²) in [7, 11) is 0. The molecule has 1 aliphatic heterocycles. The summed E-state index contributed by atoms with van der Waals surface area (Å²) in [5.41, 5.74) is 6.41. The Hall–Kier alpha value is -1.10. The zero-order valence-electron chi connectivity index (χ0n) is 12.7. The number of amides is 1. The zero-order chi connectivity index (χ0) is 15.6. The second-order valence-corrected chi connectivity index (χ2v) is 6.79. The van der Waals surface area contributed by atoms with E-state index in [1.165, 1.54) is 12.8 Å². The first-order valence-corrected chi connectivity index (χ1v) is 8.38. The van der Waals surface area contributed by atoms with Gasteiger partial charge in [-0.25, -0.2) is 0 Å². The van der Waals surface area contributed by atoms with Crippen LogP contribution in [0.4, 0.5) is 0 Å². The highest BCUT2D eigenvalue weighted by atomic mass is 35.5. The number of nitrogens with one attached hydrogen (secondary N) is 1. The number of hydrogen-bond donors (Lipinski definition) is 2. The summed E-state index contributed by atoms with van der Waals surface area (Å²) in [4.78, 5) is 12.9. The summed E-state index contributed by atoms with van der Waals surface area (Å²) in [5.74, 6) is 0.603. The Morgan fingerprint density at radius 2 is 2.05 bits per heavy atom. The Bertz CT molecular complexity index is 539. The van der Waals surface area contributed by atoms with Crippen molar-refractivity contribution in [2.24, 2.45) is 11.7 Å². The number of rotatable bonds is 5. The number of carbonyl (C=O) groups excluding carboxylic acids is 1. The van der Waals surface area contributed by atoms with Crippen LogP contribution in [0.3, 0.4) is 0 Å². The molecule has 5 heteroatoms. The summed E-state index contributed by atoms with van der Waals surface area (Å²) in [6, 6.07) is 7.68. The van der Waals surface area contributed by atoms with Gasteiger partial charge in [0.2, 0.25) is 5.91 Å². The lowest BCUT2D eigenvalue weighted by Gasteiger charge is -2.37. The van der Waals surface area contributed by atoms with Crippen molar-refractivity contribution >= 4 is 17.5 Å². The highest BCUT2D eigenvalue weighted by Crippen LogP contribution is 2.39. The second kappa shape index (κ2) is 6.57. The monoisotopic (exact) mass is 322 g/mol. The van der Waals surface area contributed by atoms with E-state index in [-0.39, 0.29) is 11.9 Å². The van der Waals surface area contributed by atoms with Crippen molar-refractivity contribution in [1.29, 1.82) is 0 Å². The van der Waals surface area contributed by atoms with E-state index < -0.39 is 5.41 Å². The van der Waals surface area contributed by atoms with Gasteiger partial charge in [-0.2, -0.15) is 0 Å². The number of nitrogens with two attached hydrogens (primary N) is 1. The van der Waals surface area contributed by atoms with Crippen molar-refractivity contribution in [2.45, 2.75) is 37.1 Å². The molecule has 4 nitrogen and oxygen atoms in total.